The number of nitrogens with one attached hydrogen (secondary N) is 1. The second-order valence-corrected chi connectivity index (χ2v) is 7.64. The largest absolute Gasteiger partial charge is 0.391 e. The van der Waals surface area contributed by atoms with Gasteiger partial charge in [-0.3, -0.25) is 14.5 Å². The number of hydrogen-bond donors (Lipinski definition) is 2. The standard InChI is InChI=1S/C22H26N4O2/c1-3-17-14(2)21(16-7-4-5-8-18(16)24-17)22(28)25-19-11-15(12-20(19)27)13-26-10-6-9-23-26/h4-10,15,19-20,27H,3,11-13H2,1-2H3,(H,25,28)/t15?,19-,20-/m1/s1. The van der Waals surface area contributed by atoms with Crippen LogP contribution in [-0.2, 0) is 13.0 Å². The molecule has 0 saturated heterocycles. The van der Waals surface area contributed by atoms with Crippen molar-refractivity contribution in [2.75, 3.05) is 0 Å². The van der Waals surface area contributed by atoms with Crippen LogP contribution < -0.4 is 5.32 Å². The summed E-state index contributed by atoms with van der Waals surface area (Å²) in [5.41, 5.74) is 3.36. The number of carbonyl (C=O) groups is 1. The van der Waals surface area contributed by atoms with Crippen LogP contribution in [0, 0.1) is 12.8 Å². The van der Waals surface area contributed by atoms with Gasteiger partial charge in [0.1, 0.15) is 0 Å². The molecule has 0 radical (unpaired) electrons. The Balaban J connectivity index is 1.56. The minimum atomic E-state index is -0.538. The van der Waals surface area contributed by atoms with Crippen molar-refractivity contribution in [1.29, 1.82) is 0 Å². The zero-order chi connectivity index (χ0) is 19.7. The Morgan fingerprint density at radius 3 is 2.86 bits per heavy atom. The van der Waals surface area contributed by atoms with E-state index in [0.29, 0.717) is 17.9 Å². The molecule has 3 aromatic rings. The summed E-state index contributed by atoms with van der Waals surface area (Å²) in [7, 11) is 0. The molecule has 0 aliphatic heterocycles. The van der Waals surface area contributed by atoms with Gasteiger partial charge in [-0.15, -0.1) is 0 Å². The molecule has 2 N–H and O–H groups in total. The van der Waals surface area contributed by atoms with Crippen LogP contribution in [0.3, 0.4) is 0 Å². The van der Waals surface area contributed by atoms with E-state index in [-0.39, 0.29) is 11.9 Å². The van der Waals surface area contributed by atoms with Crippen LogP contribution in [-0.4, -0.2) is 37.9 Å². The summed E-state index contributed by atoms with van der Waals surface area (Å²) in [4.78, 5) is 17.9. The van der Waals surface area contributed by atoms with Crippen molar-refractivity contribution in [3.63, 3.8) is 0 Å². The Labute approximate surface area is 164 Å². The van der Waals surface area contributed by atoms with E-state index >= 15 is 0 Å². The SMILES string of the molecule is CCc1nc2ccccc2c(C(=O)N[C@@H]2CC(Cn3cccn3)C[C@H]2O)c1C. The number of nitrogens with zero attached hydrogens (tertiary/aromatic N) is 3. The smallest absolute Gasteiger partial charge is 0.252 e. The molecule has 146 valence electrons. The summed E-state index contributed by atoms with van der Waals surface area (Å²) in [5.74, 6) is 0.163. The number of pyridine rings is 1. The van der Waals surface area contributed by atoms with E-state index in [4.69, 9.17) is 4.98 Å². The van der Waals surface area contributed by atoms with Crippen LogP contribution in [0.25, 0.3) is 10.9 Å². The average molecular weight is 378 g/mol. The molecule has 1 unspecified atom stereocenters. The van der Waals surface area contributed by atoms with Gasteiger partial charge in [0.15, 0.2) is 0 Å². The number of fused-ring (bicyclic) bond motifs is 1. The van der Waals surface area contributed by atoms with E-state index in [1.807, 2.05) is 55.1 Å². The minimum absolute atomic E-state index is 0.130. The third-order valence-electron chi connectivity index (χ3n) is 5.75. The van der Waals surface area contributed by atoms with Crippen LogP contribution in [0.15, 0.2) is 42.7 Å². The molecule has 1 fully saturated rings. The zero-order valence-electron chi connectivity index (χ0n) is 16.3. The molecule has 6 nitrogen and oxygen atoms in total. The number of rotatable bonds is 5. The molecular formula is C22H26N4O2. The fourth-order valence-electron chi connectivity index (χ4n) is 4.33. The van der Waals surface area contributed by atoms with Crippen molar-refractivity contribution >= 4 is 16.8 Å². The first-order valence-electron chi connectivity index (χ1n) is 9.91. The average Bonchev–Trinajstić information content (AvgIpc) is 3.31. The lowest BCUT2D eigenvalue weighted by Crippen LogP contribution is -2.40. The van der Waals surface area contributed by atoms with Crippen molar-refractivity contribution in [2.45, 2.75) is 51.8 Å². The number of benzene rings is 1. The first-order chi connectivity index (χ1) is 13.6. The summed E-state index contributed by atoms with van der Waals surface area (Å²) >= 11 is 0. The minimum Gasteiger partial charge on any atom is -0.391 e. The lowest BCUT2D eigenvalue weighted by atomic mass is 9.99. The van der Waals surface area contributed by atoms with Crippen molar-refractivity contribution in [3.8, 4) is 0 Å². The van der Waals surface area contributed by atoms with Crippen molar-refractivity contribution in [3.05, 3.63) is 59.5 Å². The van der Waals surface area contributed by atoms with Crippen molar-refractivity contribution in [2.24, 2.45) is 5.92 Å². The summed E-state index contributed by atoms with van der Waals surface area (Å²) in [5, 5.41) is 18.7. The Morgan fingerprint density at radius 2 is 2.11 bits per heavy atom. The Kier molecular flexibility index (Phi) is 5.13. The van der Waals surface area contributed by atoms with E-state index in [0.717, 1.165) is 41.5 Å². The number of aliphatic hydroxyl groups is 1. The van der Waals surface area contributed by atoms with E-state index < -0.39 is 6.10 Å². The quantitative estimate of drug-likeness (QED) is 0.715. The summed E-state index contributed by atoms with van der Waals surface area (Å²) in [6.07, 6.45) is 5.33. The van der Waals surface area contributed by atoms with Gasteiger partial charge in [0, 0.05) is 30.0 Å². The van der Waals surface area contributed by atoms with Gasteiger partial charge in [0.2, 0.25) is 0 Å². The van der Waals surface area contributed by atoms with Crippen molar-refractivity contribution < 1.29 is 9.90 Å². The topological polar surface area (TPSA) is 80.0 Å². The highest BCUT2D eigenvalue weighted by molar-refractivity contribution is 6.07. The fraction of sp³-hybridized carbons (Fsp3) is 0.409. The Hall–Kier alpha value is -2.73. The predicted octanol–water partition coefficient (Wildman–Crippen LogP) is 2.87. The fourth-order valence-corrected chi connectivity index (χ4v) is 4.33. The molecule has 28 heavy (non-hydrogen) atoms. The molecule has 1 saturated carbocycles. The number of carbonyl (C=O) groups excluding carboxylic acids is 1. The molecule has 1 amide bonds. The molecule has 1 aliphatic rings. The number of aliphatic hydroxyl groups excluding tert-OH is 1. The molecule has 2 aromatic heterocycles. The van der Waals surface area contributed by atoms with Gasteiger partial charge >= 0.3 is 0 Å². The molecular weight excluding hydrogens is 352 g/mol. The number of amides is 1. The molecule has 0 spiro atoms. The predicted molar refractivity (Wildman–Crippen MR) is 108 cm³/mol. The van der Waals surface area contributed by atoms with Crippen LogP contribution in [0.4, 0.5) is 0 Å². The van der Waals surface area contributed by atoms with E-state index in [1.165, 1.54) is 0 Å². The highest BCUT2D eigenvalue weighted by Gasteiger charge is 2.35. The van der Waals surface area contributed by atoms with Crippen LogP contribution in [0.5, 0.6) is 0 Å². The highest BCUT2D eigenvalue weighted by Crippen LogP contribution is 2.29. The van der Waals surface area contributed by atoms with Crippen LogP contribution in [0.1, 0.15) is 41.4 Å². The maximum atomic E-state index is 13.2. The van der Waals surface area contributed by atoms with Gasteiger partial charge in [-0.05, 0) is 49.8 Å². The highest BCUT2D eigenvalue weighted by atomic mass is 16.3. The van der Waals surface area contributed by atoms with E-state index in [9.17, 15) is 9.90 Å². The second-order valence-electron chi connectivity index (χ2n) is 7.64. The lowest BCUT2D eigenvalue weighted by molar-refractivity contribution is 0.0873. The van der Waals surface area contributed by atoms with Gasteiger partial charge in [-0.1, -0.05) is 25.1 Å². The van der Waals surface area contributed by atoms with Gasteiger partial charge in [-0.2, -0.15) is 5.10 Å². The van der Waals surface area contributed by atoms with E-state index in [2.05, 4.69) is 10.4 Å². The lowest BCUT2D eigenvalue weighted by Gasteiger charge is -2.19. The number of para-hydroxylation sites is 1. The molecule has 1 aliphatic carbocycles. The Bertz CT molecular complexity index is 984. The molecule has 6 heteroatoms. The third kappa shape index (κ3) is 3.52. The number of aromatic nitrogens is 3. The van der Waals surface area contributed by atoms with E-state index in [1.54, 1.807) is 6.20 Å². The zero-order valence-corrected chi connectivity index (χ0v) is 16.3. The first-order valence-corrected chi connectivity index (χ1v) is 9.91. The second kappa shape index (κ2) is 7.72. The normalized spacial score (nSPS) is 21.9. The maximum absolute atomic E-state index is 13.2. The van der Waals surface area contributed by atoms with Crippen LogP contribution >= 0.6 is 0 Å². The monoisotopic (exact) mass is 378 g/mol. The maximum Gasteiger partial charge on any atom is 0.252 e. The number of hydrogen-bond acceptors (Lipinski definition) is 4. The van der Waals surface area contributed by atoms with Crippen molar-refractivity contribution in [1.82, 2.24) is 20.1 Å². The molecule has 0 bridgehead atoms. The molecule has 3 atom stereocenters. The third-order valence-corrected chi connectivity index (χ3v) is 5.75. The summed E-state index contributed by atoms with van der Waals surface area (Å²) in [6, 6.07) is 9.39. The molecule has 1 aromatic carbocycles. The van der Waals surface area contributed by atoms with Gasteiger partial charge in [-0.25, -0.2) is 0 Å². The van der Waals surface area contributed by atoms with Gasteiger partial charge in [0.25, 0.3) is 5.91 Å². The van der Waals surface area contributed by atoms with Gasteiger partial charge < -0.3 is 10.4 Å². The molecule has 4 rings (SSSR count). The van der Waals surface area contributed by atoms with Crippen LogP contribution in [0.2, 0.25) is 0 Å². The Morgan fingerprint density at radius 1 is 1.29 bits per heavy atom. The number of aryl methyl sites for hydroxylation is 1. The first kappa shape index (κ1) is 18.6. The van der Waals surface area contributed by atoms with Gasteiger partial charge in [0.05, 0.1) is 23.2 Å². The molecule has 2 heterocycles. The summed E-state index contributed by atoms with van der Waals surface area (Å²) < 4.78 is 1.88. The summed E-state index contributed by atoms with van der Waals surface area (Å²) in [6.45, 7) is 4.76.